The Kier molecular flexibility index (Phi) is 3.01. The van der Waals surface area contributed by atoms with Crippen molar-refractivity contribution in [2.75, 3.05) is 6.79 Å². The van der Waals surface area contributed by atoms with Gasteiger partial charge in [-0.15, -0.1) is 0 Å². The molecule has 0 amide bonds. The Labute approximate surface area is 68.2 Å². The second-order valence-electron chi connectivity index (χ2n) is 1.92. The molecule has 2 heterocycles. The van der Waals surface area contributed by atoms with Crippen LogP contribution in [0.5, 0.6) is 0 Å². The van der Waals surface area contributed by atoms with Crippen LogP contribution in [0, 0.1) is 6.92 Å². The largest absolute Gasteiger partial charge is 0.518 e. The number of rotatable bonds is 0. The van der Waals surface area contributed by atoms with E-state index in [-0.39, 0.29) is 0 Å². The second kappa shape index (κ2) is 4.27. The van der Waals surface area contributed by atoms with E-state index in [9.17, 15) is 4.79 Å². The third-order valence-electron chi connectivity index (χ3n) is 0.950. The molecule has 0 saturated carbocycles. The average Bonchev–Trinajstić information content (AvgIpc) is 2.63. The third kappa shape index (κ3) is 2.96. The molecule has 0 unspecified atom stereocenters. The van der Waals surface area contributed by atoms with Crippen molar-refractivity contribution in [3.8, 4) is 0 Å². The Morgan fingerprint density at radius 1 is 1.33 bits per heavy atom. The highest BCUT2D eigenvalue weighted by Crippen LogP contribution is 1.88. The zero-order valence-corrected chi connectivity index (χ0v) is 6.48. The molecule has 0 saturated heterocycles. The highest BCUT2D eigenvalue weighted by molar-refractivity contribution is 4.77. The van der Waals surface area contributed by atoms with E-state index in [0.717, 1.165) is 0 Å². The Hall–Kier alpha value is -1.65. The summed E-state index contributed by atoms with van der Waals surface area (Å²) in [5, 5.41) is 0. The molecule has 0 bridgehead atoms. The van der Waals surface area contributed by atoms with E-state index in [0.29, 0.717) is 12.6 Å². The molecule has 5 nitrogen and oxygen atoms in total. The molecule has 0 N–H and O–H groups in total. The van der Waals surface area contributed by atoms with Gasteiger partial charge in [0.25, 0.3) is 0 Å². The van der Waals surface area contributed by atoms with Crippen LogP contribution in [0.2, 0.25) is 0 Å². The summed E-state index contributed by atoms with van der Waals surface area (Å²) in [5.74, 6) is -0.137. The van der Waals surface area contributed by atoms with Crippen LogP contribution < -0.4 is 5.82 Å². The lowest BCUT2D eigenvalue weighted by molar-refractivity contribution is 0.0920. The summed E-state index contributed by atoms with van der Waals surface area (Å²) in [6.45, 7) is 2.03. The maximum atomic E-state index is 9.96. The van der Waals surface area contributed by atoms with Crippen LogP contribution in [0.25, 0.3) is 0 Å². The minimum Gasteiger partial charge on any atom is -0.462 e. The number of ether oxygens (including phenoxy) is 2. The molecule has 0 fully saturated rings. The number of hydrogen-bond acceptors (Lipinski definition) is 5. The first-order valence-electron chi connectivity index (χ1n) is 3.22. The van der Waals surface area contributed by atoms with E-state index in [4.69, 9.17) is 0 Å². The van der Waals surface area contributed by atoms with Gasteiger partial charge in [-0.25, -0.2) is 4.79 Å². The van der Waals surface area contributed by atoms with Gasteiger partial charge in [0.2, 0.25) is 6.79 Å². The molecule has 0 aromatic carbocycles. The van der Waals surface area contributed by atoms with Gasteiger partial charge in [-0.3, -0.25) is 0 Å². The molecule has 0 aliphatic carbocycles. The molecule has 0 spiro atoms. The van der Waals surface area contributed by atoms with Crippen molar-refractivity contribution in [2.24, 2.45) is 0 Å². The lowest BCUT2D eigenvalue weighted by atomic mass is 10.6. The zero-order valence-electron chi connectivity index (χ0n) is 6.48. The van der Waals surface area contributed by atoms with Gasteiger partial charge < -0.3 is 18.3 Å². The van der Waals surface area contributed by atoms with E-state index in [1.807, 2.05) is 0 Å². The van der Waals surface area contributed by atoms with Crippen molar-refractivity contribution in [3.63, 3.8) is 0 Å². The maximum absolute atomic E-state index is 9.96. The van der Waals surface area contributed by atoms with Crippen molar-refractivity contribution in [1.82, 2.24) is 0 Å². The Balaban J connectivity index is 0.000000127. The first-order valence-corrected chi connectivity index (χ1v) is 3.22. The molecule has 1 aliphatic rings. The third-order valence-corrected chi connectivity index (χ3v) is 0.950. The highest BCUT2D eigenvalue weighted by atomic mass is 16.7. The Bertz CT molecular complexity index is 289. The van der Waals surface area contributed by atoms with Gasteiger partial charge in [0.15, 0.2) is 0 Å². The summed E-state index contributed by atoms with van der Waals surface area (Å²) in [4.78, 5) is 9.96. The van der Waals surface area contributed by atoms with E-state index < -0.39 is 5.82 Å². The fourth-order valence-corrected chi connectivity index (χ4v) is 0.507. The van der Waals surface area contributed by atoms with Crippen molar-refractivity contribution >= 4 is 0 Å². The quantitative estimate of drug-likeness (QED) is 0.584. The van der Waals surface area contributed by atoms with E-state index in [1.54, 1.807) is 6.92 Å². The molecule has 0 atom stereocenters. The molecule has 0 radical (unpaired) electrons. The molecule has 12 heavy (non-hydrogen) atoms. The summed E-state index contributed by atoms with van der Waals surface area (Å²) in [7, 11) is 0. The molecule has 1 aromatic rings. The topological polar surface area (TPSA) is 61.8 Å². The minimum absolute atomic E-state index is 0.389. The van der Waals surface area contributed by atoms with Crippen LogP contribution in [0.15, 0.2) is 32.4 Å². The maximum Gasteiger partial charge on any atom is 0.518 e. The van der Waals surface area contributed by atoms with Gasteiger partial charge in [-0.2, -0.15) is 0 Å². The Morgan fingerprint density at radius 2 is 2.00 bits per heavy atom. The first kappa shape index (κ1) is 8.45. The zero-order chi connectivity index (χ0) is 8.81. The van der Waals surface area contributed by atoms with Crippen molar-refractivity contribution < 1.29 is 18.3 Å². The average molecular weight is 172 g/mol. The summed E-state index contributed by atoms with van der Waals surface area (Å²) in [6.07, 6.45) is 4.29. The fraction of sp³-hybridized carbons (Fsp3) is 0.286. The molecule has 2 rings (SSSR count). The van der Waals surface area contributed by atoms with E-state index in [1.165, 1.54) is 18.8 Å². The summed E-state index contributed by atoms with van der Waals surface area (Å²) in [6, 6.07) is 0. The Morgan fingerprint density at radius 3 is 2.17 bits per heavy atom. The van der Waals surface area contributed by atoms with Crippen LogP contribution in [0.4, 0.5) is 0 Å². The molecule has 1 aliphatic heterocycles. The van der Waals surface area contributed by atoms with Crippen LogP contribution in [-0.2, 0) is 9.47 Å². The second-order valence-corrected chi connectivity index (χ2v) is 1.92. The molecular formula is C7H8O5. The molecular weight excluding hydrogens is 164 g/mol. The lowest BCUT2D eigenvalue weighted by Crippen LogP contribution is -1.84. The van der Waals surface area contributed by atoms with Gasteiger partial charge in [-0.05, 0) is 6.92 Å². The van der Waals surface area contributed by atoms with Gasteiger partial charge >= 0.3 is 5.82 Å². The molecule has 1 aromatic heterocycles. The van der Waals surface area contributed by atoms with E-state index >= 15 is 0 Å². The van der Waals surface area contributed by atoms with Crippen LogP contribution in [0.3, 0.4) is 0 Å². The van der Waals surface area contributed by atoms with Gasteiger partial charge in [0.05, 0.1) is 0 Å². The summed E-state index contributed by atoms with van der Waals surface area (Å²) >= 11 is 0. The van der Waals surface area contributed by atoms with Gasteiger partial charge in [0.1, 0.15) is 24.5 Å². The van der Waals surface area contributed by atoms with Crippen LogP contribution in [0.1, 0.15) is 5.76 Å². The van der Waals surface area contributed by atoms with E-state index in [2.05, 4.69) is 18.3 Å². The standard InChI is InChI=1S/C4H4O3.C3H4O2/c1-3-2-6-4(5)7-3;1-2-5-3-4-1/h2H,1H3;1-2H,3H2. The first-order chi connectivity index (χ1) is 5.79. The lowest BCUT2D eigenvalue weighted by Gasteiger charge is -1.82. The van der Waals surface area contributed by atoms with Crippen molar-refractivity contribution in [1.29, 1.82) is 0 Å². The normalized spacial score (nSPS) is 12.8. The smallest absolute Gasteiger partial charge is 0.462 e. The SMILES string of the molecule is C1=COCO1.Cc1coc(=O)o1. The predicted octanol–water partition coefficient (Wildman–Crippen LogP) is 1.00. The van der Waals surface area contributed by atoms with Gasteiger partial charge in [-0.1, -0.05) is 0 Å². The number of aryl methyl sites for hydroxylation is 1. The van der Waals surface area contributed by atoms with Crippen molar-refractivity contribution in [2.45, 2.75) is 6.92 Å². The monoisotopic (exact) mass is 172 g/mol. The molecule has 5 heteroatoms. The highest BCUT2D eigenvalue weighted by Gasteiger charge is 1.88. The summed E-state index contributed by atoms with van der Waals surface area (Å²) in [5.41, 5.74) is 0. The van der Waals surface area contributed by atoms with Crippen molar-refractivity contribution in [3.05, 3.63) is 35.2 Å². The van der Waals surface area contributed by atoms with Crippen LogP contribution >= 0.6 is 0 Å². The predicted molar refractivity (Wildman–Crippen MR) is 38.2 cm³/mol. The number of hydrogen-bond donors (Lipinski definition) is 0. The van der Waals surface area contributed by atoms with Crippen LogP contribution in [-0.4, -0.2) is 6.79 Å². The van der Waals surface area contributed by atoms with Gasteiger partial charge in [0, 0.05) is 0 Å². The molecule has 66 valence electrons. The minimum atomic E-state index is -0.641. The fourth-order valence-electron chi connectivity index (χ4n) is 0.507. The summed E-state index contributed by atoms with van der Waals surface area (Å²) < 4.78 is 17.7.